The van der Waals surface area contributed by atoms with Crippen LogP contribution in [0.25, 0.3) is 0 Å². The fraction of sp³-hybridized carbons (Fsp3) is 0.800. The van der Waals surface area contributed by atoms with Crippen molar-refractivity contribution in [2.75, 3.05) is 7.11 Å². The molecule has 0 aromatic carbocycles. The van der Waals surface area contributed by atoms with E-state index >= 15 is 0 Å². The van der Waals surface area contributed by atoms with E-state index in [0.717, 1.165) is 12.8 Å². The Morgan fingerprint density at radius 3 is 2.62 bits per heavy atom. The van der Waals surface area contributed by atoms with Crippen LogP contribution < -0.4 is 0 Å². The third kappa shape index (κ3) is 1.68. The SMILES string of the molecule is COC(=O)C12C(=O)C3C([C@@H]4CC(O)[C@H]3C4)[C@@H](C)C1[C@@H](C)C=C[C@H]2C. The standard InChI is InChI=1S/C20H28O4/c1-9-5-6-10(2)20(19(23)24-4)17(9)11(3)15-12-7-13(14(21)8-12)16(15)18(20)22/h5-6,9-17,21H,7-8H2,1-4H3/t9-,10+,11+,12-,13+,14?,15?,16?,17?,20?/m0/s1. The molecule has 0 aliphatic heterocycles. The van der Waals surface area contributed by atoms with Gasteiger partial charge in [0, 0.05) is 5.92 Å². The Kier molecular flexibility index (Phi) is 3.51. The van der Waals surface area contributed by atoms with Crippen molar-refractivity contribution in [2.24, 2.45) is 52.8 Å². The molecule has 4 rings (SSSR count). The van der Waals surface area contributed by atoms with E-state index in [-0.39, 0.29) is 53.4 Å². The number of allylic oxidation sites excluding steroid dienone is 2. The van der Waals surface area contributed by atoms with E-state index in [1.54, 1.807) is 0 Å². The highest BCUT2D eigenvalue weighted by Crippen LogP contribution is 2.66. The Morgan fingerprint density at radius 2 is 1.96 bits per heavy atom. The molecule has 3 fully saturated rings. The van der Waals surface area contributed by atoms with Crippen LogP contribution in [0.3, 0.4) is 0 Å². The van der Waals surface area contributed by atoms with Gasteiger partial charge in [0.05, 0.1) is 13.2 Å². The summed E-state index contributed by atoms with van der Waals surface area (Å²) in [5, 5.41) is 10.4. The van der Waals surface area contributed by atoms with E-state index in [2.05, 4.69) is 19.9 Å². The van der Waals surface area contributed by atoms with Crippen molar-refractivity contribution in [1.82, 2.24) is 0 Å². The van der Waals surface area contributed by atoms with Crippen LogP contribution in [0.4, 0.5) is 0 Å². The number of fused-ring (bicyclic) bond motifs is 6. The molecule has 24 heavy (non-hydrogen) atoms. The van der Waals surface area contributed by atoms with Gasteiger partial charge in [-0.05, 0) is 54.3 Å². The van der Waals surface area contributed by atoms with Gasteiger partial charge >= 0.3 is 5.97 Å². The molecular formula is C20H28O4. The summed E-state index contributed by atoms with van der Waals surface area (Å²) in [6.07, 6.45) is 5.56. The number of aliphatic hydroxyl groups is 1. The van der Waals surface area contributed by atoms with Crippen LogP contribution in [0, 0.1) is 52.8 Å². The van der Waals surface area contributed by atoms with Gasteiger partial charge in [-0.15, -0.1) is 0 Å². The third-order valence-corrected chi connectivity index (χ3v) is 7.95. The molecule has 132 valence electrons. The molecule has 0 aromatic rings. The van der Waals surface area contributed by atoms with Crippen molar-refractivity contribution >= 4 is 11.8 Å². The summed E-state index contributed by atoms with van der Waals surface area (Å²) >= 11 is 0. The second-order valence-corrected chi connectivity index (χ2v) is 8.71. The van der Waals surface area contributed by atoms with Crippen molar-refractivity contribution in [1.29, 1.82) is 0 Å². The van der Waals surface area contributed by atoms with E-state index in [9.17, 15) is 14.7 Å². The van der Waals surface area contributed by atoms with Crippen molar-refractivity contribution in [2.45, 2.75) is 39.7 Å². The van der Waals surface area contributed by atoms with E-state index in [1.807, 2.05) is 13.0 Å². The van der Waals surface area contributed by atoms with Gasteiger partial charge < -0.3 is 9.84 Å². The van der Waals surface area contributed by atoms with E-state index < -0.39 is 5.41 Å². The molecule has 0 spiro atoms. The lowest BCUT2D eigenvalue weighted by Crippen LogP contribution is -2.64. The number of carbonyl (C=O) groups is 2. The highest BCUT2D eigenvalue weighted by atomic mass is 16.5. The molecule has 0 saturated heterocycles. The predicted molar refractivity (Wildman–Crippen MR) is 88.8 cm³/mol. The van der Waals surface area contributed by atoms with Gasteiger partial charge in [-0.3, -0.25) is 9.59 Å². The zero-order valence-corrected chi connectivity index (χ0v) is 14.9. The maximum absolute atomic E-state index is 13.8. The normalized spacial score (nSPS) is 55.2. The van der Waals surface area contributed by atoms with E-state index in [4.69, 9.17) is 4.74 Å². The molecule has 4 heteroatoms. The Labute approximate surface area is 143 Å². The summed E-state index contributed by atoms with van der Waals surface area (Å²) < 4.78 is 5.19. The largest absolute Gasteiger partial charge is 0.468 e. The highest BCUT2D eigenvalue weighted by molar-refractivity contribution is 6.07. The average molecular weight is 332 g/mol. The first-order chi connectivity index (χ1) is 11.4. The zero-order valence-electron chi connectivity index (χ0n) is 14.9. The van der Waals surface area contributed by atoms with Crippen LogP contribution >= 0.6 is 0 Å². The van der Waals surface area contributed by atoms with E-state index in [1.165, 1.54) is 7.11 Å². The number of carbonyl (C=O) groups excluding carboxylic acids is 2. The zero-order chi connectivity index (χ0) is 17.4. The maximum Gasteiger partial charge on any atom is 0.320 e. The van der Waals surface area contributed by atoms with E-state index in [0.29, 0.717) is 11.8 Å². The molecule has 2 bridgehead atoms. The minimum atomic E-state index is -1.08. The van der Waals surface area contributed by atoms with Crippen molar-refractivity contribution in [3.8, 4) is 0 Å². The molecule has 0 heterocycles. The minimum Gasteiger partial charge on any atom is -0.468 e. The summed E-state index contributed by atoms with van der Waals surface area (Å²) in [4.78, 5) is 26.7. The molecule has 0 amide bonds. The number of rotatable bonds is 1. The smallest absolute Gasteiger partial charge is 0.320 e. The topological polar surface area (TPSA) is 63.6 Å². The highest BCUT2D eigenvalue weighted by Gasteiger charge is 2.71. The molecule has 4 aliphatic rings. The van der Waals surface area contributed by atoms with Crippen molar-refractivity contribution in [3.05, 3.63) is 12.2 Å². The Bertz CT molecular complexity index is 611. The number of hydrogen-bond donors (Lipinski definition) is 1. The van der Waals surface area contributed by atoms with Crippen LogP contribution in [0.2, 0.25) is 0 Å². The lowest BCUT2D eigenvalue weighted by atomic mass is 9.44. The number of ketones is 1. The molecule has 4 nitrogen and oxygen atoms in total. The molecule has 4 aliphatic carbocycles. The molecular weight excluding hydrogens is 304 g/mol. The van der Waals surface area contributed by atoms with Gasteiger partial charge in [0.2, 0.25) is 0 Å². The fourth-order valence-corrected chi connectivity index (χ4v) is 7.21. The first-order valence-electron chi connectivity index (χ1n) is 9.34. The number of esters is 1. The van der Waals surface area contributed by atoms with Gasteiger partial charge in [-0.2, -0.15) is 0 Å². The summed E-state index contributed by atoms with van der Waals surface area (Å²) in [6.45, 7) is 6.32. The minimum absolute atomic E-state index is 0.00445. The number of hydrogen-bond acceptors (Lipinski definition) is 4. The molecule has 5 unspecified atom stereocenters. The lowest BCUT2D eigenvalue weighted by Gasteiger charge is -2.57. The summed E-state index contributed by atoms with van der Waals surface area (Å²) in [7, 11) is 1.39. The van der Waals surface area contributed by atoms with Crippen molar-refractivity contribution in [3.63, 3.8) is 0 Å². The van der Waals surface area contributed by atoms with Gasteiger partial charge in [0.15, 0.2) is 5.78 Å². The first-order valence-corrected chi connectivity index (χ1v) is 9.34. The van der Waals surface area contributed by atoms with Gasteiger partial charge in [-0.1, -0.05) is 32.9 Å². The summed E-state index contributed by atoms with van der Waals surface area (Å²) in [6, 6.07) is 0. The van der Waals surface area contributed by atoms with Gasteiger partial charge in [-0.25, -0.2) is 0 Å². The predicted octanol–water partition coefficient (Wildman–Crippen LogP) is 2.46. The molecule has 0 aromatic heterocycles. The van der Waals surface area contributed by atoms with Crippen molar-refractivity contribution < 1.29 is 19.4 Å². The average Bonchev–Trinajstić information content (AvgIpc) is 3.11. The summed E-state index contributed by atoms with van der Waals surface area (Å²) in [5.41, 5.74) is -1.08. The van der Waals surface area contributed by atoms with Crippen LogP contribution in [-0.2, 0) is 14.3 Å². The van der Waals surface area contributed by atoms with Crippen LogP contribution in [0.5, 0.6) is 0 Å². The lowest BCUT2D eigenvalue weighted by molar-refractivity contribution is -0.184. The number of aliphatic hydroxyl groups excluding tert-OH is 1. The molecule has 3 saturated carbocycles. The number of Topliss-reactive ketones (excluding diaryl/α,β-unsaturated/α-hetero) is 1. The Balaban J connectivity index is 1.89. The van der Waals surface area contributed by atoms with Crippen LogP contribution in [0.15, 0.2) is 12.2 Å². The quantitative estimate of drug-likeness (QED) is 0.455. The maximum atomic E-state index is 13.8. The number of methoxy groups -OCH3 is 1. The Hall–Kier alpha value is -1.16. The monoisotopic (exact) mass is 332 g/mol. The van der Waals surface area contributed by atoms with Crippen LogP contribution in [-0.4, -0.2) is 30.1 Å². The molecule has 10 atom stereocenters. The first kappa shape index (κ1) is 16.3. The third-order valence-electron chi connectivity index (χ3n) is 7.95. The summed E-state index contributed by atoms with van der Waals surface area (Å²) in [5.74, 6) is 0.597. The molecule has 0 radical (unpaired) electrons. The number of ether oxygens (including phenoxy) is 1. The Morgan fingerprint density at radius 1 is 1.25 bits per heavy atom. The second kappa shape index (κ2) is 5.17. The second-order valence-electron chi connectivity index (χ2n) is 8.71. The van der Waals surface area contributed by atoms with Crippen LogP contribution in [0.1, 0.15) is 33.6 Å². The van der Waals surface area contributed by atoms with Gasteiger partial charge in [0.25, 0.3) is 0 Å². The molecule has 1 N–H and O–H groups in total. The fourth-order valence-electron chi connectivity index (χ4n) is 7.21. The van der Waals surface area contributed by atoms with Gasteiger partial charge in [0.1, 0.15) is 5.41 Å².